The number of aliphatic carboxylic acids is 2. The van der Waals surface area contributed by atoms with Crippen molar-refractivity contribution in [3.63, 3.8) is 0 Å². The van der Waals surface area contributed by atoms with Crippen molar-refractivity contribution in [2.75, 3.05) is 0 Å². The van der Waals surface area contributed by atoms with Crippen molar-refractivity contribution >= 4 is 17.8 Å². The molecule has 0 heterocycles. The Bertz CT molecular complexity index is 379. The SMILES string of the molecule is NC(=O)CC12C(C(=O)O)CCC1C2C(=O)O. The van der Waals surface area contributed by atoms with Crippen LogP contribution >= 0.6 is 0 Å². The van der Waals surface area contributed by atoms with Gasteiger partial charge >= 0.3 is 11.9 Å². The Balaban J connectivity index is 2.30. The first kappa shape index (κ1) is 10.9. The Labute approximate surface area is 91.4 Å². The zero-order chi connectivity index (χ0) is 12.1. The van der Waals surface area contributed by atoms with Crippen molar-refractivity contribution in [1.29, 1.82) is 0 Å². The largest absolute Gasteiger partial charge is 0.481 e. The molecule has 2 aliphatic carbocycles. The van der Waals surface area contributed by atoms with E-state index in [2.05, 4.69) is 0 Å². The summed E-state index contributed by atoms with van der Waals surface area (Å²) < 4.78 is 0. The third-order valence-electron chi connectivity index (χ3n) is 4.02. The minimum atomic E-state index is -1.02. The van der Waals surface area contributed by atoms with Gasteiger partial charge in [0.1, 0.15) is 0 Å². The smallest absolute Gasteiger partial charge is 0.307 e. The predicted octanol–water partition coefficient (Wildman–Crippen LogP) is -0.327. The highest BCUT2D eigenvalue weighted by molar-refractivity contribution is 5.85. The van der Waals surface area contributed by atoms with Gasteiger partial charge in [0.05, 0.1) is 11.8 Å². The van der Waals surface area contributed by atoms with Crippen molar-refractivity contribution in [2.45, 2.75) is 19.3 Å². The highest BCUT2D eigenvalue weighted by Gasteiger charge is 2.76. The molecule has 4 N–H and O–H groups in total. The van der Waals surface area contributed by atoms with Crippen LogP contribution in [0.2, 0.25) is 0 Å². The maximum Gasteiger partial charge on any atom is 0.307 e. The summed E-state index contributed by atoms with van der Waals surface area (Å²) in [6.45, 7) is 0. The average molecular weight is 227 g/mol. The van der Waals surface area contributed by atoms with Crippen molar-refractivity contribution in [1.82, 2.24) is 0 Å². The van der Waals surface area contributed by atoms with Crippen LogP contribution in [0.1, 0.15) is 19.3 Å². The van der Waals surface area contributed by atoms with Crippen LogP contribution in [0, 0.1) is 23.2 Å². The summed E-state index contributed by atoms with van der Waals surface area (Å²) in [6, 6.07) is 0. The Hall–Kier alpha value is -1.59. The van der Waals surface area contributed by atoms with Gasteiger partial charge in [0.2, 0.25) is 5.91 Å². The standard InChI is InChI=1S/C10H13NO5/c11-6(12)3-10-4(7(10)9(15)16)1-2-5(10)8(13)14/h4-5,7H,1-3H2,(H2,11,12)(H,13,14)(H,15,16). The maximum absolute atomic E-state index is 11.0. The summed E-state index contributed by atoms with van der Waals surface area (Å²) in [5.41, 5.74) is 4.17. The summed E-state index contributed by atoms with van der Waals surface area (Å²) in [5, 5.41) is 18.0. The molecule has 2 aliphatic rings. The molecule has 88 valence electrons. The van der Waals surface area contributed by atoms with Gasteiger partial charge in [-0.15, -0.1) is 0 Å². The normalized spacial score (nSPS) is 40.1. The average Bonchev–Trinajstić information content (AvgIpc) is 2.59. The van der Waals surface area contributed by atoms with Gasteiger partial charge in [-0.2, -0.15) is 0 Å². The Morgan fingerprint density at radius 2 is 1.81 bits per heavy atom. The molecule has 2 rings (SSSR count). The number of hydrogen-bond acceptors (Lipinski definition) is 3. The number of rotatable bonds is 4. The number of nitrogens with two attached hydrogens (primary N) is 1. The summed E-state index contributed by atoms with van der Waals surface area (Å²) in [5.74, 6) is -4.31. The molecule has 0 saturated heterocycles. The molecule has 4 atom stereocenters. The topological polar surface area (TPSA) is 118 Å². The summed E-state index contributed by atoms with van der Waals surface area (Å²) in [7, 11) is 0. The third kappa shape index (κ3) is 1.22. The van der Waals surface area contributed by atoms with E-state index in [1.165, 1.54) is 0 Å². The van der Waals surface area contributed by atoms with E-state index < -0.39 is 35.1 Å². The molecule has 0 radical (unpaired) electrons. The lowest BCUT2D eigenvalue weighted by molar-refractivity contribution is -0.146. The fourth-order valence-electron chi connectivity index (χ4n) is 3.49. The van der Waals surface area contributed by atoms with Crippen molar-refractivity contribution in [3.8, 4) is 0 Å². The molecule has 6 nitrogen and oxygen atoms in total. The first-order valence-corrected chi connectivity index (χ1v) is 5.15. The number of carboxylic acid groups (broad SMARTS) is 2. The van der Waals surface area contributed by atoms with E-state index in [1.807, 2.05) is 0 Å². The summed E-state index contributed by atoms with van der Waals surface area (Å²) in [6.07, 6.45) is 0.865. The number of hydrogen-bond donors (Lipinski definition) is 3. The monoisotopic (exact) mass is 227 g/mol. The lowest BCUT2D eigenvalue weighted by atomic mass is 9.84. The fraction of sp³-hybridized carbons (Fsp3) is 0.700. The van der Waals surface area contributed by atoms with Gasteiger partial charge in [0, 0.05) is 11.8 Å². The van der Waals surface area contributed by atoms with Crippen LogP contribution in [-0.4, -0.2) is 28.1 Å². The highest BCUT2D eigenvalue weighted by Crippen LogP contribution is 2.72. The molecular formula is C10H13NO5. The lowest BCUT2D eigenvalue weighted by Crippen LogP contribution is -2.31. The molecule has 1 amide bonds. The number of primary amides is 1. The first-order valence-electron chi connectivity index (χ1n) is 5.15. The third-order valence-corrected chi connectivity index (χ3v) is 4.02. The summed E-state index contributed by atoms with van der Waals surface area (Å²) in [4.78, 5) is 33.0. The molecule has 0 aliphatic heterocycles. The number of carboxylic acids is 2. The van der Waals surface area contributed by atoms with Gasteiger partial charge in [0.25, 0.3) is 0 Å². The number of carbonyl (C=O) groups excluding carboxylic acids is 1. The molecule has 16 heavy (non-hydrogen) atoms. The van der Waals surface area contributed by atoms with Crippen molar-refractivity contribution in [2.24, 2.45) is 28.9 Å². The quantitative estimate of drug-likeness (QED) is 0.608. The molecule has 2 saturated carbocycles. The van der Waals surface area contributed by atoms with E-state index in [0.29, 0.717) is 12.8 Å². The fourth-order valence-corrected chi connectivity index (χ4v) is 3.49. The first-order chi connectivity index (χ1) is 7.41. The van der Waals surface area contributed by atoms with E-state index in [4.69, 9.17) is 15.9 Å². The van der Waals surface area contributed by atoms with E-state index in [-0.39, 0.29) is 12.3 Å². The van der Waals surface area contributed by atoms with Gasteiger partial charge in [-0.3, -0.25) is 14.4 Å². The zero-order valence-electron chi connectivity index (χ0n) is 8.55. The second-order valence-corrected chi connectivity index (χ2v) is 4.65. The van der Waals surface area contributed by atoms with Crippen LogP contribution in [-0.2, 0) is 14.4 Å². The second-order valence-electron chi connectivity index (χ2n) is 4.65. The molecule has 0 spiro atoms. The molecule has 0 aromatic rings. The molecule has 4 unspecified atom stereocenters. The van der Waals surface area contributed by atoms with Gasteiger partial charge in [-0.05, 0) is 18.8 Å². The van der Waals surface area contributed by atoms with Crippen LogP contribution in [0.4, 0.5) is 0 Å². The van der Waals surface area contributed by atoms with Crippen LogP contribution in [0.25, 0.3) is 0 Å². The molecule has 0 bridgehead atoms. The second kappa shape index (κ2) is 3.20. The van der Waals surface area contributed by atoms with Gasteiger partial charge in [-0.1, -0.05) is 0 Å². The molecule has 2 fully saturated rings. The molecule has 6 heteroatoms. The number of amides is 1. The highest BCUT2D eigenvalue weighted by atomic mass is 16.4. The van der Waals surface area contributed by atoms with E-state index in [0.717, 1.165) is 0 Å². The molecular weight excluding hydrogens is 214 g/mol. The Morgan fingerprint density at radius 3 is 2.19 bits per heavy atom. The maximum atomic E-state index is 11.0. The Morgan fingerprint density at radius 1 is 1.19 bits per heavy atom. The molecule has 0 aromatic heterocycles. The van der Waals surface area contributed by atoms with E-state index in [1.54, 1.807) is 0 Å². The van der Waals surface area contributed by atoms with Crippen molar-refractivity contribution < 1.29 is 24.6 Å². The zero-order valence-corrected chi connectivity index (χ0v) is 8.55. The van der Waals surface area contributed by atoms with Gasteiger partial charge in [-0.25, -0.2) is 0 Å². The molecule has 0 aromatic carbocycles. The predicted molar refractivity (Wildman–Crippen MR) is 51.2 cm³/mol. The van der Waals surface area contributed by atoms with Crippen LogP contribution in [0.15, 0.2) is 0 Å². The summed E-state index contributed by atoms with van der Waals surface area (Å²) >= 11 is 0. The van der Waals surface area contributed by atoms with Crippen LogP contribution in [0.5, 0.6) is 0 Å². The van der Waals surface area contributed by atoms with E-state index in [9.17, 15) is 14.4 Å². The minimum Gasteiger partial charge on any atom is -0.481 e. The van der Waals surface area contributed by atoms with Gasteiger partial charge < -0.3 is 15.9 Å². The van der Waals surface area contributed by atoms with Crippen LogP contribution < -0.4 is 5.73 Å². The number of carbonyl (C=O) groups is 3. The van der Waals surface area contributed by atoms with Gasteiger partial charge in [0.15, 0.2) is 0 Å². The number of fused-ring (bicyclic) bond motifs is 1. The van der Waals surface area contributed by atoms with Crippen molar-refractivity contribution in [3.05, 3.63) is 0 Å². The minimum absolute atomic E-state index is 0.133. The van der Waals surface area contributed by atoms with E-state index >= 15 is 0 Å². The lowest BCUT2D eigenvalue weighted by Gasteiger charge is -2.19. The van der Waals surface area contributed by atoms with Crippen LogP contribution in [0.3, 0.4) is 0 Å². The Kier molecular flexibility index (Phi) is 2.18.